The molecule has 6 heteroatoms. The average molecular weight is 232 g/mol. The molecule has 0 radical (unpaired) electrons. The minimum atomic E-state index is -0.312. The van der Waals surface area contributed by atoms with Gasteiger partial charge in [-0.1, -0.05) is 30.3 Å². The van der Waals surface area contributed by atoms with E-state index in [-0.39, 0.29) is 17.4 Å². The van der Waals surface area contributed by atoms with Crippen molar-refractivity contribution in [3.8, 4) is 0 Å². The van der Waals surface area contributed by atoms with E-state index in [1.165, 1.54) is 4.90 Å². The van der Waals surface area contributed by atoms with Gasteiger partial charge >= 0.3 is 0 Å². The zero-order chi connectivity index (χ0) is 12.3. The van der Waals surface area contributed by atoms with Crippen LogP contribution in [0.3, 0.4) is 0 Å². The lowest BCUT2D eigenvalue weighted by Gasteiger charge is -2.15. The zero-order valence-electron chi connectivity index (χ0n) is 9.33. The maximum atomic E-state index is 11.9. The van der Waals surface area contributed by atoms with Crippen LogP contribution in [0, 0.1) is 0 Å². The minimum absolute atomic E-state index is 0.00918. The van der Waals surface area contributed by atoms with Gasteiger partial charge in [0.15, 0.2) is 0 Å². The van der Waals surface area contributed by atoms with E-state index in [0.717, 1.165) is 5.56 Å². The molecule has 1 aromatic heterocycles. The van der Waals surface area contributed by atoms with Crippen LogP contribution in [0.2, 0.25) is 0 Å². The SMILES string of the molecule is CN(Cc1ccccc1)C(=O)c1nonc1N. The predicted octanol–water partition coefficient (Wildman–Crippen LogP) is 0.924. The normalized spacial score (nSPS) is 10.2. The molecule has 17 heavy (non-hydrogen) atoms. The number of anilines is 1. The number of benzene rings is 1. The number of carbonyl (C=O) groups excluding carboxylic acids is 1. The lowest BCUT2D eigenvalue weighted by Crippen LogP contribution is -2.27. The summed E-state index contributed by atoms with van der Waals surface area (Å²) in [6, 6.07) is 9.63. The molecule has 0 bridgehead atoms. The Hall–Kier alpha value is -2.37. The molecule has 0 aliphatic carbocycles. The Morgan fingerprint density at radius 3 is 2.65 bits per heavy atom. The van der Waals surface area contributed by atoms with Crippen LogP contribution in [0.5, 0.6) is 0 Å². The van der Waals surface area contributed by atoms with Gasteiger partial charge in [-0.05, 0) is 15.9 Å². The third-order valence-corrected chi connectivity index (χ3v) is 2.33. The summed E-state index contributed by atoms with van der Waals surface area (Å²) < 4.78 is 4.39. The summed E-state index contributed by atoms with van der Waals surface area (Å²) in [7, 11) is 1.67. The number of rotatable bonds is 3. The first-order valence-electron chi connectivity index (χ1n) is 5.06. The van der Waals surface area contributed by atoms with E-state index in [4.69, 9.17) is 5.73 Å². The van der Waals surface area contributed by atoms with Gasteiger partial charge in [-0.2, -0.15) is 0 Å². The number of hydrogen-bond donors (Lipinski definition) is 1. The van der Waals surface area contributed by atoms with Crippen LogP contribution < -0.4 is 5.73 Å². The maximum Gasteiger partial charge on any atom is 0.280 e. The minimum Gasteiger partial charge on any atom is -0.379 e. The van der Waals surface area contributed by atoms with Crippen LogP contribution >= 0.6 is 0 Å². The highest BCUT2D eigenvalue weighted by atomic mass is 16.6. The number of carbonyl (C=O) groups is 1. The predicted molar refractivity (Wildman–Crippen MR) is 60.9 cm³/mol. The molecule has 0 saturated heterocycles. The summed E-state index contributed by atoms with van der Waals surface area (Å²) >= 11 is 0. The van der Waals surface area contributed by atoms with Crippen molar-refractivity contribution < 1.29 is 9.42 Å². The van der Waals surface area contributed by atoms with E-state index >= 15 is 0 Å². The van der Waals surface area contributed by atoms with Crippen LogP contribution in [0.15, 0.2) is 35.0 Å². The zero-order valence-corrected chi connectivity index (χ0v) is 9.33. The third kappa shape index (κ3) is 2.41. The van der Waals surface area contributed by atoms with Crippen LogP contribution in [0.1, 0.15) is 16.1 Å². The second-order valence-corrected chi connectivity index (χ2v) is 3.64. The number of nitrogens with zero attached hydrogens (tertiary/aromatic N) is 3. The number of nitrogens with two attached hydrogens (primary N) is 1. The molecule has 2 aromatic rings. The van der Waals surface area contributed by atoms with Gasteiger partial charge in [0.2, 0.25) is 11.5 Å². The molecule has 1 amide bonds. The molecule has 0 aliphatic rings. The molecule has 0 atom stereocenters. The molecule has 2 N–H and O–H groups in total. The highest BCUT2D eigenvalue weighted by Crippen LogP contribution is 2.10. The molecule has 88 valence electrons. The Kier molecular flexibility index (Phi) is 3.04. The fourth-order valence-electron chi connectivity index (χ4n) is 1.45. The molecule has 0 aliphatic heterocycles. The van der Waals surface area contributed by atoms with E-state index in [1.54, 1.807) is 7.05 Å². The highest BCUT2D eigenvalue weighted by Gasteiger charge is 2.19. The second kappa shape index (κ2) is 4.65. The average Bonchev–Trinajstić information content (AvgIpc) is 2.76. The van der Waals surface area contributed by atoms with Gasteiger partial charge in [0.25, 0.3) is 5.91 Å². The Bertz CT molecular complexity index is 509. The molecule has 0 unspecified atom stereocenters. The van der Waals surface area contributed by atoms with Gasteiger partial charge in [-0.15, -0.1) is 0 Å². The Morgan fingerprint density at radius 2 is 2.06 bits per heavy atom. The molecule has 1 heterocycles. The van der Waals surface area contributed by atoms with Crippen molar-refractivity contribution in [1.29, 1.82) is 0 Å². The van der Waals surface area contributed by atoms with Gasteiger partial charge in [0, 0.05) is 13.6 Å². The number of hydrogen-bond acceptors (Lipinski definition) is 5. The largest absolute Gasteiger partial charge is 0.379 e. The lowest BCUT2D eigenvalue weighted by atomic mass is 10.2. The van der Waals surface area contributed by atoms with Crippen molar-refractivity contribution >= 4 is 11.7 Å². The van der Waals surface area contributed by atoms with Gasteiger partial charge in [-0.25, -0.2) is 4.63 Å². The third-order valence-electron chi connectivity index (χ3n) is 2.33. The van der Waals surface area contributed by atoms with E-state index < -0.39 is 0 Å². The van der Waals surface area contributed by atoms with Crippen molar-refractivity contribution in [2.45, 2.75) is 6.54 Å². The first kappa shape index (κ1) is 11.1. The smallest absolute Gasteiger partial charge is 0.280 e. The fraction of sp³-hybridized carbons (Fsp3) is 0.182. The van der Waals surface area contributed by atoms with Crippen LogP contribution in [0.25, 0.3) is 0 Å². The van der Waals surface area contributed by atoms with Crippen LogP contribution in [0.4, 0.5) is 5.82 Å². The first-order chi connectivity index (χ1) is 8.18. The Morgan fingerprint density at radius 1 is 1.35 bits per heavy atom. The van der Waals surface area contributed by atoms with E-state index in [1.807, 2.05) is 30.3 Å². The molecule has 1 aromatic carbocycles. The van der Waals surface area contributed by atoms with E-state index in [2.05, 4.69) is 14.9 Å². The van der Waals surface area contributed by atoms with Crippen molar-refractivity contribution in [3.63, 3.8) is 0 Å². The maximum absolute atomic E-state index is 11.9. The van der Waals surface area contributed by atoms with Crippen molar-refractivity contribution in [2.24, 2.45) is 0 Å². The summed E-state index contributed by atoms with van der Waals surface area (Å²) in [5.74, 6) is -0.303. The first-order valence-corrected chi connectivity index (χ1v) is 5.06. The number of nitrogen functional groups attached to an aromatic ring is 1. The second-order valence-electron chi connectivity index (χ2n) is 3.64. The van der Waals surface area contributed by atoms with Crippen LogP contribution in [-0.2, 0) is 6.54 Å². The molecule has 0 saturated carbocycles. The molecular weight excluding hydrogens is 220 g/mol. The van der Waals surface area contributed by atoms with Crippen molar-refractivity contribution in [1.82, 2.24) is 15.2 Å². The topological polar surface area (TPSA) is 85.2 Å². The molecule has 6 nitrogen and oxygen atoms in total. The van der Waals surface area contributed by atoms with Gasteiger partial charge in [0.1, 0.15) is 0 Å². The van der Waals surface area contributed by atoms with Crippen molar-refractivity contribution in [3.05, 3.63) is 41.6 Å². The summed E-state index contributed by atoms with van der Waals surface area (Å²) in [5, 5.41) is 6.85. The number of amides is 1. The monoisotopic (exact) mass is 232 g/mol. The van der Waals surface area contributed by atoms with Gasteiger partial charge in [-0.3, -0.25) is 4.79 Å². The van der Waals surface area contributed by atoms with E-state index in [9.17, 15) is 4.79 Å². The number of aromatic nitrogens is 2. The molecule has 2 rings (SSSR count). The quantitative estimate of drug-likeness (QED) is 0.850. The fourth-order valence-corrected chi connectivity index (χ4v) is 1.45. The summed E-state index contributed by atoms with van der Waals surface area (Å²) in [4.78, 5) is 13.4. The molecule has 0 spiro atoms. The molecular formula is C11H12N4O2. The lowest BCUT2D eigenvalue weighted by molar-refractivity contribution is 0.0774. The van der Waals surface area contributed by atoms with Crippen LogP contribution in [-0.4, -0.2) is 28.2 Å². The van der Waals surface area contributed by atoms with E-state index in [0.29, 0.717) is 6.54 Å². The highest BCUT2D eigenvalue weighted by molar-refractivity contribution is 5.95. The summed E-state index contributed by atoms with van der Waals surface area (Å²) in [6.45, 7) is 0.478. The molecule has 0 fully saturated rings. The van der Waals surface area contributed by atoms with Gasteiger partial charge in [0.05, 0.1) is 0 Å². The van der Waals surface area contributed by atoms with Crippen molar-refractivity contribution in [2.75, 3.05) is 12.8 Å². The Labute approximate surface area is 98.0 Å². The summed E-state index contributed by atoms with van der Waals surface area (Å²) in [6.07, 6.45) is 0. The summed E-state index contributed by atoms with van der Waals surface area (Å²) in [5.41, 5.74) is 6.53. The van der Waals surface area contributed by atoms with Gasteiger partial charge < -0.3 is 10.6 Å². The Balaban J connectivity index is 2.09. The standard InChI is InChI=1S/C11H12N4O2/c1-15(7-8-5-3-2-4-6-8)11(16)9-10(12)14-17-13-9/h2-6H,7H2,1H3,(H2,12,14).